The van der Waals surface area contributed by atoms with Crippen molar-refractivity contribution in [2.24, 2.45) is 5.92 Å². The summed E-state index contributed by atoms with van der Waals surface area (Å²) in [6.07, 6.45) is 0.429. The molecule has 1 aromatic carbocycles. The van der Waals surface area contributed by atoms with Gasteiger partial charge in [-0.2, -0.15) is 5.26 Å². The molecule has 0 aliphatic carbocycles. The van der Waals surface area contributed by atoms with Gasteiger partial charge in [-0.25, -0.2) is 4.39 Å². The van der Waals surface area contributed by atoms with E-state index in [1.54, 1.807) is 6.92 Å². The van der Waals surface area contributed by atoms with Gasteiger partial charge in [0, 0.05) is 10.0 Å². The van der Waals surface area contributed by atoms with Crippen LogP contribution in [0, 0.1) is 23.1 Å². The highest BCUT2D eigenvalue weighted by molar-refractivity contribution is 9.10. The number of nitriles is 1. The summed E-state index contributed by atoms with van der Waals surface area (Å²) < 4.78 is 13.4. The van der Waals surface area contributed by atoms with Crippen molar-refractivity contribution in [2.75, 3.05) is 0 Å². The zero-order chi connectivity index (χ0) is 11.4. The lowest BCUT2D eigenvalue weighted by Crippen LogP contribution is -2.12. The van der Waals surface area contributed by atoms with Crippen molar-refractivity contribution in [1.29, 1.82) is 5.26 Å². The summed E-state index contributed by atoms with van der Waals surface area (Å²) in [5.74, 6) is -1.52. The highest BCUT2D eigenvalue weighted by Crippen LogP contribution is 2.22. The van der Waals surface area contributed by atoms with Gasteiger partial charge in [0.1, 0.15) is 11.7 Å². The fraction of sp³-hybridized carbons (Fsp3) is 0.273. The average Bonchev–Trinajstić information content (AvgIpc) is 2.23. The Morgan fingerprint density at radius 2 is 2.33 bits per heavy atom. The van der Waals surface area contributed by atoms with Crippen molar-refractivity contribution >= 4 is 21.7 Å². The maximum atomic E-state index is 12.9. The second-order valence-corrected chi connectivity index (χ2v) is 3.93. The van der Waals surface area contributed by atoms with Gasteiger partial charge in [0.05, 0.1) is 6.07 Å². The van der Waals surface area contributed by atoms with Gasteiger partial charge in [-0.1, -0.05) is 22.9 Å². The highest BCUT2D eigenvalue weighted by atomic mass is 79.9. The van der Waals surface area contributed by atoms with Crippen molar-refractivity contribution in [2.45, 2.75) is 13.3 Å². The Morgan fingerprint density at radius 3 is 2.87 bits per heavy atom. The number of halogens is 2. The van der Waals surface area contributed by atoms with Crippen LogP contribution in [0.5, 0.6) is 0 Å². The van der Waals surface area contributed by atoms with Crippen molar-refractivity contribution < 1.29 is 9.18 Å². The summed E-state index contributed by atoms with van der Waals surface area (Å²) in [6.45, 7) is 1.75. The molecule has 0 aliphatic rings. The first kappa shape index (κ1) is 11.9. The third-order valence-corrected chi connectivity index (χ3v) is 2.77. The molecule has 78 valence electrons. The number of hydrogen-bond acceptors (Lipinski definition) is 2. The number of rotatable bonds is 3. The Labute approximate surface area is 95.8 Å². The molecule has 0 fully saturated rings. The van der Waals surface area contributed by atoms with Gasteiger partial charge in [-0.3, -0.25) is 4.79 Å². The van der Waals surface area contributed by atoms with E-state index in [4.69, 9.17) is 5.26 Å². The maximum Gasteiger partial charge on any atom is 0.181 e. The number of benzene rings is 1. The van der Waals surface area contributed by atoms with Gasteiger partial charge in [0.15, 0.2) is 5.78 Å². The van der Waals surface area contributed by atoms with Crippen LogP contribution >= 0.6 is 15.9 Å². The topological polar surface area (TPSA) is 40.9 Å². The van der Waals surface area contributed by atoms with Crippen LogP contribution in [0.4, 0.5) is 4.39 Å². The molecule has 15 heavy (non-hydrogen) atoms. The Bertz CT molecular complexity index is 425. The SMILES string of the molecule is CCC(C#N)C(=O)c1cc(F)ccc1Br. The van der Waals surface area contributed by atoms with E-state index in [0.29, 0.717) is 10.9 Å². The van der Waals surface area contributed by atoms with E-state index in [9.17, 15) is 9.18 Å². The van der Waals surface area contributed by atoms with Crippen molar-refractivity contribution in [3.8, 4) is 6.07 Å². The molecule has 1 unspecified atom stereocenters. The molecule has 0 bridgehead atoms. The minimum Gasteiger partial charge on any atom is -0.293 e. The van der Waals surface area contributed by atoms with E-state index in [1.807, 2.05) is 6.07 Å². The second kappa shape index (κ2) is 5.04. The lowest BCUT2D eigenvalue weighted by molar-refractivity contribution is 0.0945. The highest BCUT2D eigenvalue weighted by Gasteiger charge is 2.20. The Hall–Kier alpha value is -1.21. The standard InChI is InChI=1S/C11H9BrFNO/c1-2-7(6-14)11(15)9-5-8(13)3-4-10(9)12/h3-5,7H,2H2,1H3. The lowest BCUT2D eigenvalue weighted by atomic mass is 9.97. The van der Waals surface area contributed by atoms with Crippen molar-refractivity contribution in [3.05, 3.63) is 34.1 Å². The van der Waals surface area contributed by atoms with Gasteiger partial charge in [-0.15, -0.1) is 0 Å². The molecule has 0 aliphatic heterocycles. The Kier molecular flexibility index (Phi) is 3.98. The molecule has 0 radical (unpaired) electrons. The minimum absolute atomic E-state index is 0.225. The number of hydrogen-bond donors (Lipinski definition) is 0. The molecular weight excluding hydrogens is 261 g/mol. The zero-order valence-corrected chi connectivity index (χ0v) is 9.71. The van der Waals surface area contributed by atoms with Crippen LogP contribution in [0.3, 0.4) is 0 Å². The van der Waals surface area contributed by atoms with Gasteiger partial charge < -0.3 is 0 Å². The smallest absolute Gasteiger partial charge is 0.181 e. The fourth-order valence-electron chi connectivity index (χ4n) is 1.21. The number of carbonyl (C=O) groups is 1. The molecule has 0 N–H and O–H groups in total. The normalized spacial score (nSPS) is 11.9. The number of nitrogens with zero attached hydrogens (tertiary/aromatic N) is 1. The summed E-state index contributed by atoms with van der Waals surface area (Å²) in [5, 5.41) is 8.74. The monoisotopic (exact) mass is 269 g/mol. The van der Waals surface area contributed by atoms with E-state index < -0.39 is 11.7 Å². The van der Waals surface area contributed by atoms with Crippen LogP contribution in [-0.4, -0.2) is 5.78 Å². The molecule has 1 aromatic rings. The largest absolute Gasteiger partial charge is 0.293 e. The predicted molar refractivity (Wildman–Crippen MR) is 57.8 cm³/mol. The molecule has 1 rings (SSSR count). The molecule has 0 heterocycles. The van der Waals surface area contributed by atoms with E-state index >= 15 is 0 Å². The first-order valence-electron chi connectivity index (χ1n) is 4.49. The molecule has 4 heteroatoms. The minimum atomic E-state index is -0.705. The zero-order valence-electron chi connectivity index (χ0n) is 8.13. The molecular formula is C11H9BrFNO. The molecule has 0 saturated carbocycles. The van der Waals surface area contributed by atoms with Crippen LogP contribution in [0.15, 0.2) is 22.7 Å². The third kappa shape index (κ3) is 2.63. The Balaban J connectivity index is 3.11. The maximum absolute atomic E-state index is 12.9. The first-order valence-corrected chi connectivity index (χ1v) is 5.28. The summed E-state index contributed by atoms with van der Waals surface area (Å²) in [7, 11) is 0. The number of carbonyl (C=O) groups excluding carboxylic acids is 1. The van der Waals surface area contributed by atoms with Gasteiger partial charge in [-0.05, 0) is 24.6 Å². The summed E-state index contributed by atoms with van der Waals surface area (Å²) in [5.41, 5.74) is 0.225. The molecule has 0 amide bonds. The second-order valence-electron chi connectivity index (χ2n) is 3.08. The molecule has 0 saturated heterocycles. The molecule has 1 atom stereocenters. The fourth-order valence-corrected chi connectivity index (χ4v) is 1.65. The van der Waals surface area contributed by atoms with E-state index in [0.717, 1.165) is 6.07 Å². The van der Waals surface area contributed by atoms with E-state index in [1.165, 1.54) is 12.1 Å². The van der Waals surface area contributed by atoms with E-state index in [2.05, 4.69) is 15.9 Å². The van der Waals surface area contributed by atoms with Crippen LogP contribution in [-0.2, 0) is 0 Å². The lowest BCUT2D eigenvalue weighted by Gasteiger charge is -2.06. The summed E-state index contributed by atoms with van der Waals surface area (Å²) in [6, 6.07) is 5.77. The number of ketones is 1. The van der Waals surface area contributed by atoms with Crippen LogP contribution in [0.25, 0.3) is 0 Å². The van der Waals surface area contributed by atoms with Gasteiger partial charge >= 0.3 is 0 Å². The Morgan fingerprint density at radius 1 is 1.67 bits per heavy atom. The summed E-state index contributed by atoms with van der Waals surface area (Å²) in [4.78, 5) is 11.8. The average molecular weight is 270 g/mol. The predicted octanol–water partition coefficient (Wildman–Crippen LogP) is 3.32. The number of Topliss-reactive ketones (excluding diaryl/α,β-unsaturated/α-hetero) is 1. The molecule has 0 aromatic heterocycles. The van der Waals surface area contributed by atoms with E-state index in [-0.39, 0.29) is 11.3 Å². The van der Waals surface area contributed by atoms with Gasteiger partial charge in [0.2, 0.25) is 0 Å². The van der Waals surface area contributed by atoms with Crippen LogP contribution in [0.2, 0.25) is 0 Å². The van der Waals surface area contributed by atoms with Crippen molar-refractivity contribution in [3.63, 3.8) is 0 Å². The summed E-state index contributed by atoms with van der Waals surface area (Å²) >= 11 is 3.16. The molecule has 0 spiro atoms. The van der Waals surface area contributed by atoms with Crippen molar-refractivity contribution in [1.82, 2.24) is 0 Å². The van der Waals surface area contributed by atoms with Gasteiger partial charge in [0.25, 0.3) is 0 Å². The van der Waals surface area contributed by atoms with Crippen LogP contribution in [0.1, 0.15) is 23.7 Å². The van der Waals surface area contributed by atoms with Crippen LogP contribution < -0.4 is 0 Å². The third-order valence-electron chi connectivity index (χ3n) is 2.07. The molecule has 2 nitrogen and oxygen atoms in total. The first-order chi connectivity index (χ1) is 7.10. The quantitative estimate of drug-likeness (QED) is 0.790.